The molecule has 0 spiro atoms. The molecule has 0 radical (unpaired) electrons. The van der Waals surface area contributed by atoms with Crippen LogP contribution in [0.2, 0.25) is 0 Å². The fourth-order valence-corrected chi connectivity index (χ4v) is 2.65. The number of hydrogen-bond acceptors (Lipinski definition) is 3. The lowest BCUT2D eigenvalue weighted by Gasteiger charge is -2.27. The zero-order chi connectivity index (χ0) is 13.0. The second-order valence-electron chi connectivity index (χ2n) is 5.28. The predicted octanol–water partition coefficient (Wildman–Crippen LogP) is 3.37. The molecule has 18 heavy (non-hydrogen) atoms. The van der Waals surface area contributed by atoms with Crippen molar-refractivity contribution in [2.75, 3.05) is 12.8 Å². The van der Waals surface area contributed by atoms with Crippen molar-refractivity contribution in [2.45, 2.75) is 45.3 Å². The highest BCUT2D eigenvalue weighted by Gasteiger charge is 2.19. The number of ether oxygens (including phenoxy) is 2. The zero-order valence-corrected chi connectivity index (χ0v) is 11.3. The number of anilines is 1. The lowest BCUT2D eigenvalue weighted by Crippen LogP contribution is -2.21. The fraction of sp³-hybridized carbons (Fsp3) is 0.600. The van der Waals surface area contributed by atoms with E-state index >= 15 is 0 Å². The van der Waals surface area contributed by atoms with Crippen molar-refractivity contribution >= 4 is 5.69 Å². The quantitative estimate of drug-likeness (QED) is 0.832. The first-order chi connectivity index (χ1) is 8.69. The zero-order valence-electron chi connectivity index (χ0n) is 11.3. The first kappa shape index (κ1) is 13.2. The normalized spacial score (nSPS) is 23.9. The van der Waals surface area contributed by atoms with E-state index in [-0.39, 0.29) is 0 Å². The van der Waals surface area contributed by atoms with E-state index in [1.807, 2.05) is 18.2 Å². The van der Waals surface area contributed by atoms with Crippen LogP contribution in [0.5, 0.6) is 5.75 Å². The van der Waals surface area contributed by atoms with Crippen LogP contribution >= 0.6 is 0 Å². The van der Waals surface area contributed by atoms with E-state index in [1.54, 1.807) is 7.11 Å². The van der Waals surface area contributed by atoms with Crippen molar-refractivity contribution in [3.63, 3.8) is 0 Å². The van der Waals surface area contributed by atoms with Crippen LogP contribution in [0.25, 0.3) is 0 Å². The Morgan fingerprint density at radius 3 is 2.89 bits per heavy atom. The Labute approximate surface area is 109 Å². The molecule has 1 aromatic rings. The second kappa shape index (κ2) is 6.10. The number of rotatable bonds is 4. The van der Waals surface area contributed by atoms with Gasteiger partial charge in [0.25, 0.3) is 0 Å². The molecular formula is C15H23NO2. The molecule has 3 heteroatoms. The van der Waals surface area contributed by atoms with Gasteiger partial charge < -0.3 is 15.2 Å². The molecule has 2 rings (SSSR count). The van der Waals surface area contributed by atoms with Gasteiger partial charge in [-0.05, 0) is 37.0 Å². The van der Waals surface area contributed by atoms with Crippen molar-refractivity contribution in [3.8, 4) is 5.75 Å². The molecule has 1 saturated carbocycles. The Morgan fingerprint density at radius 1 is 1.33 bits per heavy atom. The molecule has 1 aromatic carbocycles. The van der Waals surface area contributed by atoms with Crippen molar-refractivity contribution < 1.29 is 9.47 Å². The molecule has 2 N–H and O–H groups in total. The third kappa shape index (κ3) is 3.39. The van der Waals surface area contributed by atoms with E-state index in [4.69, 9.17) is 15.2 Å². The molecule has 1 aliphatic rings. The van der Waals surface area contributed by atoms with Crippen LogP contribution < -0.4 is 10.5 Å². The van der Waals surface area contributed by atoms with Crippen LogP contribution in [0.4, 0.5) is 5.69 Å². The largest absolute Gasteiger partial charge is 0.496 e. The highest BCUT2D eigenvalue weighted by Crippen LogP contribution is 2.28. The van der Waals surface area contributed by atoms with Gasteiger partial charge in [-0.3, -0.25) is 0 Å². The molecule has 0 aliphatic heterocycles. The average molecular weight is 249 g/mol. The molecular weight excluding hydrogens is 226 g/mol. The smallest absolute Gasteiger partial charge is 0.124 e. The highest BCUT2D eigenvalue weighted by molar-refractivity contribution is 5.47. The Kier molecular flexibility index (Phi) is 4.48. The van der Waals surface area contributed by atoms with Crippen LogP contribution in [0.15, 0.2) is 18.2 Å². The summed E-state index contributed by atoms with van der Waals surface area (Å²) in [5, 5.41) is 0. The molecule has 1 aliphatic carbocycles. The van der Waals surface area contributed by atoms with E-state index in [2.05, 4.69) is 6.92 Å². The lowest BCUT2D eigenvalue weighted by atomic mass is 9.89. The summed E-state index contributed by atoms with van der Waals surface area (Å²) < 4.78 is 11.3. The van der Waals surface area contributed by atoms with Gasteiger partial charge in [-0.2, -0.15) is 0 Å². The van der Waals surface area contributed by atoms with Gasteiger partial charge in [0.05, 0.1) is 19.8 Å². The van der Waals surface area contributed by atoms with Gasteiger partial charge in [-0.1, -0.05) is 19.8 Å². The Bertz CT molecular complexity index is 392. The standard InChI is InChI=1S/C15H23NO2/c1-11-4-3-5-14(8-11)18-10-12-9-13(16)6-7-15(12)17-2/h6-7,9,11,14H,3-5,8,10,16H2,1-2H3. The summed E-state index contributed by atoms with van der Waals surface area (Å²) in [5.74, 6) is 1.64. The van der Waals surface area contributed by atoms with E-state index < -0.39 is 0 Å². The SMILES string of the molecule is COc1ccc(N)cc1COC1CCCC(C)C1. The van der Waals surface area contributed by atoms with E-state index in [9.17, 15) is 0 Å². The van der Waals surface area contributed by atoms with E-state index in [0.717, 1.165) is 22.9 Å². The lowest BCUT2D eigenvalue weighted by molar-refractivity contribution is 0.00397. The third-order valence-electron chi connectivity index (χ3n) is 3.67. The summed E-state index contributed by atoms with van der Waals surface area (Å²) in [6, 6.07) is 5.69. The van der Waals surface area contributed by atoms with Gasteiger partial charge in [0.15, 0.2) is 0 Å². The summed E-state index contributed by atoms with van der Waals surface area (Å²) >= 11 is 0. The number of hydrogen-bond donors (Lipinski definition) is 1. The number of benzene rings is 1. The van der Waals surface area contributed by atoms with E-state index in [1.165, 1.54) is 25.7 Å². The predicted molar refractivity (Wildman–Crippen MR) is 73.6 cm³/mol. The molecule has 0 amide bonds. The monoisotopic (exact) mass is 249 g/mol. The van der Waals surface area contributed by atoms with Crippen LogP contribution in [0.1, 0.15) is 38.2 Å². The van der Waals surface area contributed by atoms with Gasteiger partial charge in [0.2, 0.25) is 0 Å². The Morgan fingerprint density at radius 2 is 2.17 bits per heavy atom. The summed E-state index contributed by atoms with van der Waals surface area (Å²) in [5.41, 5.74) is 7.60. The van der Waals surface area contributed by atoms with Gasteiger partial charge in [-0.15, -0.1) is 0 Å². The highest BCUT2D eigenvalue weighted by atomic mass is 16.5. The molecule has 3 nitrogen and oxygen atoms in total. The molecule has 100 valence electrons. The summed E-state index contributed by atoms with van der Waals surface area (Å²) in [4.78, 5) is 0. The van der Waals surface area contributed by atoms with E-state index in [0.29, 0.717) is 12.7 Å². The van der Waals surface area contributed by atoms with Crippen molar-refractivity contribution in [1.29, 1.82) is 0 Å². The fourth-order valence-electron chi connectivity index (χ4n) is 2.65. The molecule has 0 saturated heterocycles. The summed E-state index contributed by atoms with van der Waals surface area (Å²) in [6.07, 6.45) is 5.35. The summed E-state index contributed by atoms with van der Waals surface area (Å²) in [7, 11) is 1.68. The van der Waals surface area contributed by atoms with Gasteiger partial charge in [0, 0.05) is 11.3 Å². The Hall–Kier alpha value is -1.22. The van der Waals surface area contributed by atoms with Gasteiger partial charge in [-0.25, -0.2) is 0 Å². The van der Waals surface area contributed by atoms with Crippen LogP contribution in [0.3, 0.4) is 0 Å². The van der Waals surface area contributed by atoms with Gasteiger partial charge >= 0.3 is 0 Å². The minimum absolute atomic E-state index is 0.389. The van der Waals surface area contributed by atoms with Crippen molar-refractivity contribution in [2.24, 2.45) is 5.92 Å². The first-order valence-corrected chi connectivity index (χ1v) is 6.73. The van der Waals surface area contributed by atoms with Crippen LogP contribution in [-0.4, -0.2) is 13.2 Å². The van der Waals surface area contributed by atoms with Crippen LogP contribution in [0, 0.1) is 5.92 Å². The maximum Gasteiger partial charge on any atom is 0.124 e. The topological polar surface area (TPSA) is 44.5 Å². The number of nitrogen functional groups attached to an aromatic ring is 1. The first-order valence-electron chi connectivity index (χ1n) is 6.73. The molecule has 2 atom stereocenters. The molecule has 0 bridgehead atoms. The van der Waals surface area contributed by atoms with Crippen LogP contribution in [-0.2, 0) is 11.3 Å². The average Bonchev–Trinajstić information content (AvgIpc) is 2.37. The van der Waals surface area contributed by atoms with Crippen molar-refractivity contribution in [3.05, 3.63) is 23.8 Å². The maximum absolute atomic E-state index is 6.00. The third-order valence-corrected chi connectivity index (χ3v) is 3.67. The Balaban J connectivity index is 1.94. The minimum Gasteiger partial charge on any atom is -0.496 e. The number of nitrogens with two attached hydrogens (primary N) is 1. The molecule has 2 unspecified atom stereocenters. The molecule has 0 heterocycles. The maximum atomic E-state index is 6.00. The second-order valence-corrected chi connectivity index (χ2v) is 5.28. The molecule has 1 fully saturated rings. The van der Waals surface area contributed by atoms with Gasteiger partial charge in [0.1, 0.15) is 5.75 Å². The summed E-state index contributed by atoms with van der Waals surface area (Å²) in [6.45, 7) is 2.89. The number of methoxy groups -OCH3 is 1. The van der Waals surface area contributed by atoms with Crippen molar-refractivity contribution in [1.82, 2.24) is 0 Å². The minimum atomic E-state index is 0.389. The molecule has 0 aromatic heterocycles.